The Balaban J connectivity index is 2.02. The maximum Gasteiger partial charge on any atom is 0.244 e. The predicted molar refractivity (Wildman–Crippen MR) is 83.2 cm³/mol. The molecule has 2 rings (SSSR count). The molecule has 0 aliphatic rings. The predicted octanol–water partition coefficient (Wildman–Crippen LogP) is 3.45. The molecule has 0 spiro atoms. The minimum Gasteiger partial charge on any atom is -0.346 e. The molecule has 3 heteroatoms. The van der Waals surface area contributed by atoms with Crippen LogP contribution in [0.1, 0.15) is 29.7 Å². The molecule has 0 fully saturated rings. The molecule has 1 N–H and O–H groups in total. The normalized spacial score (nSPS) is 11.8. The van der Waals surface area contributed by atoms with E-state index < -0.39 is 0 Å². The van der Waals surface area contributed by atoms with Gasteiger partial charge in [-0.05, 0) is 30.2 Å². The molecule has 0 aliphatic carbocycles. The summed E-state index contributed by atoms with van der Waals surface area (Å²) in [5, 5.41) is 11.9. The average Bonchev–Trinajstić information content (AvgIpc) is 2.54. The van der Waals surface area contributed by atoms with Crippen LogP contribution < -0.4 is 5.32 Å². The Morgan fingerprint density at radius 2 is 1.81 bits per heavy atom. The SMILES string of the molecule is CC(NC(=O)/C=C/c1ccccc1C#N)c1ccccc1. The van der Waals surface area contributed by atoms with Gasteiger partial charge in [-0.3, -0.25) is 4.79 Å². The summed E-state index contributed by atoms with van der Waals surface area (Å²) in [7, 11) is 0. The zero-order chi connectivity index (χ0) is 15.1. The van der Waals surface area contributed by atoms with Gasteiger partial charge in [0.2, 0.25) is 5.91 Å². The van der Waals surface area contributed by atoms with Crippen molar-refractivity contribution in [3.63, 3.8) is 0 Å². The van der Waals surface area contributed by atoms with Gasteiger partial charge in [-0.2, -0.15) is 5.26 Å². The molecular formula is C18H16N2O. The summed E-state index contributed by atoms with van der Waals surface area (Å²) < 4.78 is 0. The fourth-order valence-corrected chi connectivity index (χ4v) is 2.00. The van der Waals surface area contributed by atoms with Crippen LogP contribution >= 0.6 is 0 Å². The van der Waals surface area contributed by atoms with Crippen molar-refractivity contribution in [1.29, 1.82) is 5.26 Å². The Labute approximate surface area is 124 Å². The van der Waals surface area contributed by atoms with Gasteiger partial charge in [-0.15, -0.1) is 0 Å². The number of rotatable bonds is 4. The highest BCUT2D eigenvalue weighted by Gasteiger charge is 2.06. The van der Waals surface area contributed by atoms with Crippen molar-refractivity contribution in [3.05, 3.63) is 77.4 Å². The summed E-state index contributed by atoms with van der Waals surface area (Å²) in [5.41, 5.74) is 2.34. The summed E-state index contributed by atoms with van der Waals surface area (Å²) in [5.74, 6) is -0.181. The monoisotopic (exact) mass is 276 g/mol. The van der Waals surface area contributed by atoms with Crippen molar-refractivity contribution in [2.24, 2.45) is 0 Å². The van der Waals surface area contributed by atoms with Gasteiger partial charge in [-0.25, -0.2) is 0 Å². The van der Waals surface area contributed by atoms with E-state index in [9.17, 15) is 4.79 Å². The highest BCUT2D eigenvalue weighted by atomic mass is 16.1. The zero-order valence-corrected chi connectivity index (χ0v) is 11.8. The second-order valence-electron chi connectivity index (χ2n) is 4.67. The van der Waals surface area contributed by atoms with Crippen LogP contribution in [0, 0.1) is 11.3 Å². The molecule has 0 bridgehead atoms. The molecular weight excluding hydrogens is 260 g/mol. The highest BCUT2D eigenvalue weighted by molar-refractivity contribution is 5.92. The average molecular weight is 276 g/mol. The van der Waals surface area contributed by atoms with Gasteiger partial charge in [-0.1, -0.05) is 48.5 Å². The van der Waals surface area contributed by atoms with Crippen molar-refractivity contribution in [1.82, 2.24) is 5.32 Å². The smallest absolute Gasteiger partial charge is 0.244 e. The largest absolute Gasteiger partial charge is 0.346 e. The second kappa shape index (κ2) is 7.06. The lowest BCUT2D eigenvalue weighted by atomic mass is 10.1. The summed E-state index contributed by atoms with van der Waals surface area (Å²) >= 11 is 0. The summed E-state index contributed by atoms with van der Waals surface area (Å²) in [4.78, 5) is 11.9. The van der Waals surface area contributed by atoms with Crippen molar-refractivity contribution in [3.8, 4) is 6.07 Å². The van der Waals surface area contributed by atoms with Gasteiger partial charge >= 0.3 is 0 Å². The Morgan fingerprint density at radius 3 is 2.52 bits per heavy atom. The second-order valence-corrected chi connectivity index (χ2v) is 4.67. The maximum absolute atomic E-state index is 11.9. The van der Waals surface area contributed by atoms with E-state index in [0.717, 1.165) is 11.1 Å². The number of nitrogens with zero attached hydrogens (tertiary/aromatic N) is 1. The lowest BCUT2D eigenvalue weighted by Gasteiger charge is -2.12. The van der Waals surface area contributed by atoms with E-state index in [1.807, 2.05) is 49.4 Å². The van der Waals surface area contributed by atoms with E-state index >= 15 is 0 Å². The molecule has 0 aliphatic heterocycles. The van der Waals surface area contributed by atoms with Crippen LogP contribution in [0.4, 0.5) is 0 Å². The quantitative estimate of drug-likeness (QED) is 0.870. The fraction of sp³-hybridized carbons (Fsp3) is 0.111. The standard InChI is InChI=1S/C18H16N2O/c1-14(15-7-3-2-4-8-15)20-18(21)12-11-16-9-5-6-10-17(16)13-19/h2-12,14H,1H3,(H,20,21)/b12-11+. The molecule has 0 saturated heterocycles. The van der Waals surface area contributed by atoms with Crippen LogP contribution in [0.5, 0.6) is 0 Å². The Hall–Kier alpha value is -2.86. The van der Waals surface area contributed by atoms with E-state index in [2.05, 4.69) is 11.4 Å². The molecule has 1 atom stereocenters. The number of carbonyl (C=O) groups excluding carboxylic acids is 1. The number of hydrogen-bond donors (Lipinski definition) is 1. The highest BCUT2D eigenvalue weighted by Crippen LogP contribution is 2.12. The number of carbonyl (C=O) groups is 1. The number of hydrogen-bond acceptors (Lipinski definition) is 2. The Morgan fingerprint density at radius 1 is 1.14 bits per heavy atom. The van der Waals surface area contributed by atoms with Gasteiger partial charge in [0, 0.05) is 6.08 Å². The molecule has 0 radical (unpaired) electrons. The van der Waals surface area contributed by atoms with Crippen molar-refractivity contribution < 1.29 is 4.79 Å². The van der Waals surface area contributed by atoms with Gasteiger partial charge in [0.1, 0.15) is 0 Å². The van der Waals surface area contributed by atoms with Gasteiger partial charge in [0.05, 0.1) is 17.7 Å². The first kappa shape index (κ1) is 14.5. The van der Waals surface area contributed by atoms with E-state index in [0.29, 0.717) is 5.56 Å². The Bertz CT molecular complexity index is 684. The van der Waals surface area contributed by atoms with Crippen LogP contribution in [0.2, 0.25) is 0 Å². The van der Waals surface area contributed by atoms with E-state index in [1.165, 1.54) is 6.08 Å². The molecule has 1 amide bonds. The number of nitriles is 1. The lowest BCUT2D eigenvalue weighted by Crippen LogP contribution is -2.24. The third kappa shape index (κ3) is 4.05. The summed E-state index contributed by atoms with van der Waals surface area (Å²) in [6.45, 7) is 1.93. The topological polar surface area (TPSA) is 52.9 Å². The van der Waals surface area contributed by atoms with Crippen LogP contribution in [0.25, 0.3) is 6.08 Å². The zero-order valence-electron chi connectivity index (χ0n) is 11.8. The van der Waals surface area contributed by atoms with Crippen LogP contribution in [0.15, 0.2) is 60.7 Å². The van der Waals surface area contributed by atoms with Crippen molar-refractivity contribution >= 4 is 12.0 Å². The molecule has 21 heavy (non-hydrogen) atoms. The number of benzene rings is 2. The summed E-state index contributed by atoms with van der Waals surface area (Å²) in [6.07, 6.45) is 3.11. The van der Waals surface area contributed by atoms with Gasteiger partial charge in [0.25, 0.3) is 0 Å². The lowest BCUT2D eigenvalue weighted by molar-refractivity contribution is -0.117. The molecule has 3 nitrogen and oxygen atoms in total. The molecule has 0 heterocycles. The number of nitrogens with one attached hydrogen (secondary N) is 1. The fourth-order valence-electron chi connectivity index (χ4n) is 2.00. The first-order chi connectivity index (χ1) is 10.2. The van der Waals surface area contributed by atoms with Gasteiger partial charge < -0.3 is 5.32 Å². The molecule has 2 aromatic carbocycles. The third-order valence-electron chi connectivity index (χ3n) is 3.15. The van der Waals surface area contributed by atoms with Crippen molar-refractivity contribution in [2.45, 2.75) is 13.0 Å². The molecule has 1 unspecified atom stereocenters. The molecule has 104 valence electrons. The van der Waals surface area contributed by atoms with Crippen LogP contribution in [0.3, 0.4) is 0 Å². The van der Waals surface area contributed by atoms with E-state index in [-0.39, 0.29) is 11.9 Å². The minimum absolute atomic E-state index is 0.0606. The first-order valence-corrected chi connectivity index (χ1v) is 6.73. The third-order valence-corrected chi connectivity index (χ3v) is 3.15. The molecule has 2 aromatic rings. The number of amides is 1. The molecule has 0 saturated carbocycles. The Kier molecular flexibility index (Phi) is 4.89. The van der Waals surface area contributed by atoms with Crippen LogP contribution in [-0.4, -0.2) is 5.91 Å². The molecule has 0 aromatic heterocycles. The van der Waals surface area contributed by atoms with E-state index in [4.69, 9.17) is 5.26 Å². The maximum atomic E-state index is 11.9. The van der Waals surface area contributed by atoms with Crippen LogP contribution in [-0.2, 0) is 4.79 Å². The van der Waals surface area contributed by atoms with Gasteiger partial charge in [0.15, 0.2) is 0 Å². The first-order valence-electron chi connectivity index (χ1n) is 6.73. The van der Waals surface area contributed by atoms with E-state index in [1.54, 1.807) is 18.2 Å². The summed E-state index contributed by atoms with van der Waals surface area (Å²) in [6, 6.07) is 19.0. The minimum atomic E-state index is -0.181. The van der Waals surface area contributed by atoms with Crippen molar-refractivity contribution in [2.75, 3.05) is 0 Å².